The van der Waals surface area contributed by atoms with Crippen molar-refractivity contribution in [3.8, 4) is 0 Å². The van der Waals surface area contributed by atoms with Gasteiger partial charge >= 0.3 is 0 Å². The van der Waals surface area contributed by atoms with Gasteiger partial charge in [-0.1, -0.05) is 30.3 Å². The molecule has 1 fully saturated rings. The Kier molecular flexibility index (Phi) is 6.10. The zero-order valence-electron chi connectivity index (χ0n) is 12.2. The van der Waals surface area contributed by atoms with E-state index in [0.29, 0.717) is 6.61 Å². The van der Waals surface area contributed by atoms with Crippen LogP contribution in [0.25, 0.3) is 0 Å². The van der Waals surface area contributed by atoms with Crippen LogP contribution < -0.4 is 0 Å². The summed E-state index contributed by atoms with van der Waals surface area (Å²) in [5.74, 6) is 0. The average Bonchev–Trinajstić information content (AvgIpc) is 2.80. The Morgan fingerprint density at radius 3 is 2.52 bits per heavy atom. The van der Waals surface area contributed by atoms with Gasteiger partial charge in [-0.05, 0) is 5.56 Å². The molecule has 0 aliphatic carbocycles. The van der Waals surface area contributed by atoms with E-state index in [-0.39, 0.29) is 6.61 Å². The van der Waals surface area contributed by atoms with Crippen molar-refractivity contribution in [2.45, 2.75) is 37.3 Å². The number of hydrogen-bond acceptors (Lipinski definition) is 6. The van der Waals surface area contributed by atoms with Crippen molar-refractivity contribution in [2.75, 3.05) is 20.8 Å². The average molecular weight is 298 g/mol. The van der Waals surface area contributed by atoms with E-state index in [9.17, 15) is 10.2 Å². The van der Waals surface area contributed by atoms with E-state index in [0.717, 1.165) is 5.56 Å². The van der Waals surface area contributed by atoms with E-state index in [4.69, 9.17) is 18.9 Å². The van der Waals surface area contributed by atoms with Crippen LogP contribution in [0.1, 0.15) is 5.56 Å². The van der Waals surface area contributed by atoms with Crippen LogP contribution in [0.5, 0.6) is 0 Å². The summed E-state index contributed by atoms with van der Waals surface area (Å²) in [7, 11) is 2.99. The fourth-order valence-electron chi connectivity index (χ4n) is 2.41. The standard InChI is InChI=1S/C15H22O6/c1-18-11(9-20-8-10-6-4-3-5-7-10)13-14(19-2)12(16)15(17)21-13/h3-7,11-17H,8-9H2,1-2H3/t11-,12-,13-,14-,15+/m1/s1. The molecule has 1 aromatic carbocycles. The topological polar surface area (TPSA) is 77.4 Å². The van der Waals surface area contributed by atoms with E-state index in [1.54, 1.807) is 0 Å². The Labute approximate surface area is 124 Å². The SMILES string of the molecule is CO[C@@H]1[C@@H](O)[C@@H](O)O[C@@H]1[C@@H](COCc1ccccc1)OC. The Morgan fingerprint density at radius 2 is 1.90 bits per heavy atom. The van der Waals surface area contributed by atoms with Gasteiger partial charge in [0.15, 0.2) is 6.29 Å². The number of hydrogen-bond donors (Lipinski definition) is 2. The maximum atomic E-state index is 9.78. The molecule has 1 aliphatic rings. The van der Waals surface area contributed by atoms with Gasteiger partial charge in [0.2, 0.25) is 0 Å². The van der Waals surface area contributed by atoms with Crippen LogP contribution in [0.15, 0.2) is 30.3 Å². The molecule has 2 N–H and O–H groups in total. The van der Waals surface area contributed by atoms with E-state index >= 15 is 0 Å². The minimum atomic E-state index is -1.27. The van der Waals surface area contributed by atoms with Crippen molar-refractivity contribution in [1.82, 2.24) is 0 Å². The fourth-order valence-corrected chi connectivity index (χ4v) is 2.41. The molecule has 0 bridgehead atoms. The predicted octanol–water partition coefficient (Wildman–Crippen LogP) is 0.311. The lowest BCUT2D eigenvalue weighted by Crippen LogP contribution is -2.43. The minimum absolute atomic E-state index is 0.273. The van der Waals surface area contributed by atoms with Gasteiger partial charge in [0.1, 0.15) is 24.4 Å². The molecular weight excluding hydrogens is 276 g/mol. The van der Waals surface area contributed by atoms with Gasteiger partial charge in [0.25, 0.3) is 0 Å². The Bertz CT molecular complexity index is 412. The quantitative estimate of drug-likeness (QED) is 0.754. The third-order valence-corrected chi connectivity index (χ3v) is 3.58. The molecule has 6 nitrogen and oxygen atoms in total. The minimum Gasteiger partial charge on any atom is -0.385 e. The number of benzene rings is 1. The second kappa shape index (κ2) is 7.84. The molecule has 0 amide bonds. The zero-order valence-corrected chi connectivity index (χ0v) is 12.2. The summed E-state index contributed by atoms with van der Waals surface area (Å²) in [5.41, 5.74) is 1.06. The van der Waals surface area contributed by atoms with Crippen molar-refractivity contribution in [1.29, 1.82) is 0 Å². The van der Waals surface area contributed by atoms with E-state index in [1.165, 1.54) is 14.2 Å². The summed E-state index contributed by atoms with van der Waals surface area (Å²) < 4.78 is 21.5. The molecule has 1 saturated heterocycles. The van der Waals surface area contributed by atoms with E-state index < -0.39 is 30.7 Å². The zero-order chi connectivity index (χ0) is 15.2. The normalized spacial score (nSPS) is 30.5. The van der Waals surface area contributed by atoms with E-state index in [2.05, 4.69) is 0 Å². The largest absolute Gasteiger partial charge is 0.385 e. The van der Waals surface area contributed by atoms with Gasteiger partial charge in [-0.25, -0.2) is 0 Å². The van der Waals surface area contributed by atoms with Crippen molar-refractivity contribution in [3.63, 3.8) is 0 Å². The van der Waals surface area contributed by atoms with Gasteiger partial charge in [0.05, 0.1) is 13.2 Å². The molecule has 0 radical (unpaired) electrons. The number of aliphatic hydroxyl groups excluding tert-OH is 2. The Balaban J connectivity index is 1.88. The third-order valence-electron chi connectivity index (χ3n) is 3.58. The smallest absolute Gasteiger partial charge is 0.184 e. The van der Waals surface area contributed by atoms with E-state index in [1.807, 2.05) is 30.3 Å². The molecule has 1 aliphatic heterocycles. The number of ether oxygens (including phenoxy) is 4. The molecule has 1 aromatic rings. The van der Waals surface area contributed by atoms with Crippen LogP contribution in [-0.2, 0) is 25.6 Å². The van der Waals surface area contributed by atoms with Crippen LogP contribution in [0.3, 0.4) is 0 Å². The first kappa shape index (κ1) is 16.4. The summed E-state index contributed by atoms with van der Waals surface area (Å²) in [6, 6.07) is 9.78. The number of aliphatic hydroxyl groups is 2. The van der Waals surface area contributed by atoms with Crippen molar-refractivity contribution in [3.05, 3.63) is 35.9 Å². The molecule has 0 saturated carbocycles. The monoisotopic (exact) mass is 298 g/mol. The first-order valence-electron chi connectivity index (χ1n) is 6.86. The van der Waals surface area contributed by atoms with Gasteiger partial charge in [-0.2, -0.15) is 0 Å². The summed E-state index contributed by atoms with van der Waals surface area (Å²) >= 11 is 0. The van der Waals surface area contributed by atoms with Gasteiger partial charge < -0.3 is 29.2 Å². The van der Waals surface area contributed by atoms with Gasteiger partial charge in [-0.3, -0.25) is 0 Å². The molecular formula is C15H22O6. The summed E-state index contributed by atoms with van der Waals surface area (Å²) in [6.07, 6.45) is -4.03. The third kappa shape index (κ3) is 4.00. The number of rotatable bonds is 7. The van der Waals surface area contributed by atoms with Crippen LogP contribution in [-0.4, -0.2) is 61.7 Å². The van der Waals surface area contributed by atoms with Crippen molar-refractivity contribution < 1.29 is 29.2 Å². The molecule has 0 aromatic heterocycles. The summed E-state index contributed by atoms with van der Waals surface area (Å²) in [5, 5.41) is 19.3. The fraction of sp³-hybridized carbons (Fsp3) is 0.600. The maximum absolute atomic E-state index is 9.78. The summed E-state index contributed by atoms with van der Waals surface area (Å²) in [4.78, 5) is 0. The molecule has 0 unspecified atom stereocenters. The lowest BCUT2D eigenvalue weighted by Gasteiger charge is -2.26. The lowest BCUT2D eigenvalue weighted by molar-refractivity contribution is -0.160. The van der Waals surface area contributed by atoms with Gasteiger partial charge in [0, 0.05) is 14.2 Å². The highest BCUT2D eigenvalue weighted by atomic mass is 16.7. The molecule has 0 spiro atoms. The first-order chi connectivity index (χ1) is 10.2. The first-order valence-corrected chi connectivity index (χ1v) is 6.86. The Hall–Kier alpha value is -1.02. The molecule has 21 heavy (non-hydrogen) atoms. The molecule has 5 atom stereocenters. The van der Waals surface area contributed by atoms with Crippen LogP contribution in [0.2, 0.25) is 0 Å². The number of methoxy groups -OCH3 is 2. The molecule has 2 rings (SSSR count). The summed E-state index contributed by atoms with van der Waals surface area (Å²) in [6.45, 7) is 0.728. The molecule has 6 heteroatoms. The molecule has 118 valence electrons. The van der Waals surface area contributed by atoms with Crippen LogP contribution in [0, 0.1) is 0 Å². The van der Waals surface area contributed by atoms with Crippen molar-refractivity contribution >= 4 is 0 Å². The second-order valence-electron chi connectivity index (χ2n) is 4.96. The maximum Gasteiger partial charge on any atom is 0.184 e. The van der Waals surface area contributed by atoms with Gasteiger partial charge in [-0.15, -0.1) is 0 Å². The lowest BCUT2D eigenvalue weighted by atomic mass is 10.1. The van der Waals surface area contributed by atoms with Crippen LogP contribution >= 0.6 is 0 Å². The predicted molar refractivity (Wildman–Crippen MR) is 74.6 cm³/mol. The highest BCUT2D eigenvalue weighted by Crippen LogP contribution is 2.26. The van der Waals surface area contributed by atoms with Crippen molar-refractivity contribution in [2.24, 2.45) is 0 Å². The Morgan fingerprint density at radius 1 is 1.19 bits per heavy atom. The highest BCUT2D eigenvalue weighted by molar-refractivity contribution is 5.13. The second-order valence-corrected chi connectivity index (χ2v) is 4.96. The highest BCUT2D eigenvalue weighted by Gasteiger charge is 2.47. The van der Waals surface area contributed by atoms with Crippen LogP contribution in [0.4, 0.5) is 0 Å². The molecule has 1 heterocycles.